The van der Waals surface area contributed by atoms with Crippen LogP contribution in [0.5, 0.6) is 0 Å². The van der Waals surface area contributed by atoms with Crippen molar-refractivity contribution in [2.45, 2.75) is 0 Å². The first kappa shape index (κ1) is 21.0. The molecular weight excluding hydrogens is 506 g/mol. The van der Waals surface area contributed by atoms with Crippen LogP contribution in [0, 0.1) is 0 Å². The van der Waals surface area contributed by atoms with E-state index >= 15 is 0 Å². The van der Waals surface area contributed by atoms with Gasteiger partial charge in [0, 0.05) is 32.4 Å². The Morgan fingerprint density at radius 1 is 0.556 bits per heavy atom. The molecule has 0 atom stereocenters. The Morgan fingerprint density at radius 3 is 2.06 bits per heavy atom. The van der Waals surface area contributed by atoms with E-state index in [9.17, 15) is 0 Å². The van der Waals surface area contributed by atoms with Crippen molar-refractivity contribution in [3.8, 4) is 28.5 Å². The third kappa shape index (κ3) is 3.42. The molecule has 0 unspecified atom stereocenters. The van der Waals surface area contributed by atoms with Crippen LogP contribution in [0.25, 0.3) is 61.0 Å². The fourth-order valence-electron chi connectivity index (χ4n) is 5.03. The molecule has 0 spiro atoms. The number of hydrogen-bond donors (Lipinski definition) is 0. The van der Waals surface area contributed by atoms with E-state index in [0.29, 0.717) is 5.82 Å². The summed E-state index contributed by atoms with van der Waals surface area (Å²) < 4.78 is 3.32. The Balaban J connectivity index is 1.60. The predicted molar refractivity (Wildman–Crippen MR) is 152 cm³/mol. The van der Waals surface area contributed by atoms with Gasteiger partial charge in [-0.25, -0.2) is 9.97 Å². The number of fused-ring (bicyclic) bond motifs is 5. The Morgan fingerprint density at radius 2 is 1.25 bits per heavy atom. The second-order valence-corrected chi connectivity index (χ2v) is 9.76. The summed E-state index contributed by atoms with van der Waals surface area (Å²) in [5.74, 6) is 1.56. The molecule has 0 aliphatic carbocycles. The SMILES string of the molecule is Brc1ccc2c(c1)c1c3ccccc3ccc1n2-c1cc(-c2ccccc2)nc(-c2ccccc2)n1. The molecule has 0 N–H and O–H groups in total. The van der Waals surface area contributed by atoms with Gasteiger partial charge in [0.2, 0.25) is 0 Å². The van der Waals surface area contributed by atoms with Gasteiger partial charge < -0.3 is 0 Å². The van der Waals surface area contributed by atoms with Crippen molar-refractivity contribution in [2.75, 3.05) is 0 Å². The van der Waals surface area contributed by atoms with Crippen molar-refractivity contribution in [2.24, 2.45) is 0 Å². The second kappa shape index (κ2) is 8.43. The highest BCUT2D eigenvalue weighted by Gasteiger charge is 2.18. The third-order valence-electron chi connectivity index (χ3n) is 6.66. The van der Waals surface area contributed by atoms with Crippen LogP contribution >= 0.6 is 15.9 Å². The van der Waals surface area contributed by atoms with E-state index in [4.69, 9.17) is 9.97 Å². The minimum absolute atomic E-state index is 0.708. The van der Waals surface area contributed by atoms with E-state index in [1.165, 1.54) is 21.5 Å². The molecule has 3 nitrogen and oxygen atoms in total. The molecule has 7 aromatic rings. The zero-order valence-corrected chi connectivity index (χ0v) is 20.9. The summed E-state index contributed by atoms with van der Waals surface area (Å²) in [5, 5.41) is 4.88. The molecule has 2 heterocycles. The summed E-state index contributed by atoms with van der Waals surface area (Å²) in [4.78, 5) is 10.1. The van der Waals surface area contributed by atoms with Crippen LogP contribution in [0.4, 0.5) is 0 Å². The van der Waals surface area contributed by atoms with Crippen LogP contribution in [0.3, 0.4) is 0 Å². The maximum atomic E-state index is 5.11. The quantitative estimate of drug-likeness (QED) is 0.230. The van der Waals surface area contributed by atoms with Crippen molar-refractivity contribution in [1.29, 1.82) is 0 Å². The summed E-state index contributed by atoms with van der Waals surface area (Å²) in [5.41, 5.74) is 5.19. The van der Waals surface area contributed by atoms with E-state index < -0.39 is 0 Å². The third-order valence-corrected chi connectivity index (χ3v) is 7.15. The number of hydrogen-bond acceptors (Lipinski definition) is 2. The molecule has 5 aromatic carbocycles. The van der Waals surface area contributed by atoms with Gasteiger partial charge in [-0.05, 0) is 35.0 Å². The Kier molecular flexibility index (Phi) is 4.93. The van der Waals surface area contributed by atoms with Crippen molar-refractivity contribution in [1.82, 2.24) is 14.5 Å². The molecule has 2 aromatic heterocycles. The predicted octanol–water partition coefficient (Wildman–Crippen LogP) is 8.82. The smallest absolute Gasteiger partial charge is 0.162 e. The monoisotopic (exact) mass is 525 g/mol. The maximum Gasteiger partial charge on any atom is 0.162 e. The fourth-order valence-corrected chi connectivity index (χ4v) is 5.39. The molecule has 170 valence electrons. The maximum absolute atomic E-state index is 5.11. The van der Waals surface area contributed by atoms with Crippen LogP contribution in [0.1, 0.15) is 0 Å². The van der Waals surface area contributed by atoms with Gasteiger partial charge in [0.25, 0.3) is 0 Å². The van der Waals surface area contributed by atoms with Crippen LogP contribution in [-0.4, -0.2) is 14.5 Å². The summed E-state index contributed by atoms with van der Waals surface area (Å²) in [7, 11) is 0. The fraction of sp³-hybridized carbons (Fsp3) is 0. The first-order valence-corrected chi connectivity index (χ1v) is 12.7. The molecule has 0 aliphatic rings. The number of rotatable bonds is 3. The van der Waals surface area contributed by atoms with Crippen LogP contribution in [-0.2, 0) is 0 Å². The zero-order chi connectivity index (χ0) is 24.1. The van der Waals surface area contributed by atoms with Gasteiger partial charge in [0.05, 0.1) is 16.7 Å². The van der Waals surface area contributed by atoms with Gasteiger partial charge >= 0.3 is 0 Å². The Labute approximate surface area is 216 Å². The molecule has 0 fully saturated rings. The van der Waals surface area contributed by atoms with Gasteiger partial charge in [0.15, 0.2) is 5.82 Å². The summed E-state index contributed by atoms with van der Waals surface area (Å²) >= 11 is 3.70. The first-order chi connectivity index (χ1) is 17.8. The van der Waals surface area contributed by atoms with E-state index in [0.717, 1.165) is 38.1 Å². The number of aromatic nitrogens is 3. The molecule has 0 aliphatic heterocycles. The number of nitrogens with zero attached hydrogens (tertiary/aromatic N) is 3. The Bertz CT molecular complexity index is 1830. The van der Waals surface area contributed by atoms with Gasteiger partial charge in [0.1, 0.15) is 5.82 Å². The average molecular weight is 526 g/mol. The largest absolute Gasteiger partial charge is 0.294 e. The number of benzene rings is 5. The highest BCUT2D eigenvalue weighted by molar-refractivity contribution is 9.10. The van der Waals surface area contributed by atoms with Crippen molar-refractivity contribution < 1.29 is 0 Å². The van der Waals surface area contributed by atoms with Crippen LogP contribution < -0.4 is 0 Å². The van der Waals surface area contributed by atoms with Gasteiger partial charge in [-0.15, -0.1) is 0 Å². The second-order valence-electron chi connectivity index (χ2n) is 8.84. The normalized spacial score (nSPS) is 11.5. The Hall–Kier alpha value is -4.28. The molecule has 0 saturated carbocycles. The molecule has 7 rings (SSSR count). The minimum atomic E-state index is 0.708. The minimum Gasteiger partial charge on any atom is -0.294 e. The molecule has 0 radical (unpaired) electrons. The van der Waals surface area contributed by atoms with Crippen molar-refractivity contribution in [3.63, 3.8) is 0 Å². The molecule has 0 saturated heterocycles. The highest BCUT2D eigenvalue weighted by atomic mass is 79.9. The lowest BCUT2D eigenvalue weighted by Crippen LogP contribution is -2.02. The molecule has 4 heteroatoms. The average Bonchev–Trinajstić information content (AvgIpc) is 3.27. The van der Waals surface area contributed by atoms with Crippen LogP contribution in [0.15, 0.2) is 126 Å². The summed E-state index contributed by atoms with van der Waals surface area (Å²) in [6.45, 7) is 0. The zero-order valence-electron chi connectivity index (χ0n) is 19.3. The van der Waals surface area contributed by atoms with Gasteiger partial charge in [-0.3, -0.25) is 4.57 Å². The lowest BCUT2D eigenvalue weighted by Gasteiger charge is -2.12. The van der Waals surface area contributed by atoms with E-state index in [1.54, 1.807) is 0 Å². The molecular formula is C32H20BrN3. The lowest BCUT2D eigenvalue weighted by molar-refractivity contribution is 1.05. The lowest BCUT2D eigenvalue weighted by atomic mass is 10.0. The van der Waals surface area contributed by atoms with E-state index in [1.807, 2.05) is 36.4 Å². The van der Waals surface area contributed by atoms with Crippen molar-refractivity contribution in [3.05, 3.63) is 126 Å². The highest BCUT2D eigenvalue weighted by Crippen LogP contribution is 2.38. The van der Waals surface area contributed by atoms with E-state index in [-0.39, 0.29) is 0 Å². The molecule has 0 amide bonds. The van der Waals surface area contributed by atoms with Crippen molar-refractivity contribution >= 4 is 48.5 Å². The summed E-state index contributed by atoms with van der Waals surface area (Å²) in [6.07, 6.45) is 0. The summed E-state index contributed by atoms with van der Waals surface area (Å²) in [6, 6.07) is 42.0. The first-order valence-electron chi connectivity index (χ1n) is 11.9. The standard InChI is InChI=1S/C32H20BrN3/c33-24-16-18-28-26(19-24)31-25-14-8-7-9-21(25)15-17-29(31)36(28)30-20-27(22-10-3-1-4-11-22)34-32(35-30)23-12-5-2-6-13-23/h1-20H. The van der Waals surface area contributed by atoms with Gasteiger partial charge in [-0.1, -0.05) is 107 Å². The van der Waals surface area contributed by atoms with Gasteiger partial charge in [-0.2, -0.15) is 0 Å². The molecule has 0 bridgehead atoms. The molecule has 36 heavy (non-hydrogen) atoms. The topological polar surface area (TPSA) is 30.7 Å². The number of halogens is 1. The van der Waals surface area contributed by atoms with E-state index in [2.05, 4.69) is 105 Å². The van der Waals surface area contributed by atoms with Crippen LogP contribution in [0.2, 0.25) is 0 Å².